The molecule has 278 valence electrons. The molecule has 0 aliphatic heterocycles. The SMILES string of the molecule is C1=Cc2c(sc3ccc(N(c4ccccc4)c4cccc([Si](c5ccccc5)(c5ccccc5)c5ccc(N(c6ccccc6)c6ccccc6)cc5)c4)cc23)CC1. The number of benzene rings is 8. The third-order valence-electron chi connectivity index (χ3n) is 11.4. The predicted molar refractivity (Wildman–Crippen MR) is 252 cm³/mol. The molecule has 0 bridgehead atoms. The lowest BCUT2D eigenvalue weighted by molar-refractivity contribution is 1.02. The molecule has 9 aromatic rings. The van der Waals surface area contributed by atoms with Gasteiger partial charge in [-0.1, -0.05) is 152 Å². The molecular weight excluding hydrogens is 737 g/mol. The number of rotatable bonds is 10. The summed E-state index contributed by atoms with van der Waals surface area (Å²) in [5.74, 6) is 0. The van der Waals surface area contributed by atoms with Crippen LogP contribution in [0.5, 0.6) is 0 Å². The highest BCUT2D eigenvalue weighted by molar-refractivity contribution is 7.20. The van der Waals surface area contributed by atoms with Gasteiger partial charge in [-0.15, -0.1) is 11.3 Å². The maximum Gasteiger partial charge on any atom is 0.179 e. The van der Waals surface area contributed by atoms with E-state index in [0.717, 1.165) is 47.0 Å². The summed E-state index contributed by atoms with van der Waals surface area (Å²) in [5.41, 5.74) is 8.20. The molecule has 2 nitrogen and oxygen atoms in total. The Balaban J connectivity index is 1.17. The highest BCUT2D eigenvalue weighted by atomic mass is 32.1. The molecule has 0 fully saturated rings. The number of fused-ring (bicyclic) bond motifs is 3. The molecule has 4 heteroatoms. The summed E-state index contributed by atoms with van der Waals surface area (Å²) in [5, 5.41) is 6.69. The molecule has 0 spiro atoms. The van der Waals surface area contributed by atoms with Crippen molar-refractivity contribution in [3.63, 3.8) is 0 Å². The molecule has 10 rings (SSSR count). The van der Waals surface area contributed by atoms with E-state index in [4.69, 9.17) is 0 Å². The summed E-state index contributed by atoms with van der Waals surface area (Å²) in [6.07, 6.45) is 6.89. The first-order chi connectivity index (χ1) is 28.8. The third kappa shape index (κ3) is 6.47. The Morgan fingerprint density at radius 1 is 0.379 bits per heavy atom. The Bertz CT molecular complexity index is 2740. The van der Waals surface area contributed by atoms with Crippen LogP contribution in [0.25, 0.3) is 16.2 Å². The second-order valence-electron chi connectivity index (χ2n) is 14.8. The summed E-state index contributed by atoms with van der Waals surface area (Å²) in [4.78, 5) is 6.27. The molecule has 0 N–H and O–H groups in total. The van der Waals surface area contributed by atoms with Crippen LogP contribution in [0.3, 0.4) is 0 Å². The Labute approximate surface area is 346 Å². The Kier molecular flexibility index (Phi) is 9.64. The minimum absolute atomic E-state index is 1.12. The quantitative estimate of drug-likeness (QED) is 0.101. The van der Waals surface area contributed by atoms with E-state index < -0.39 is 8.07 Å². The molecule has 0 saturated heterocycles. The van der Waals surface area contributed by atoms with Gasteiger partial charge >= 0.3 is 0 Å². The van der Waals surface area contributed by atoms with E-state index in [2.05, 4.69) is 240 Å². The molecule has 0 atom stereocenters. The molecule has 1 aromatic heterocycles. The maximum absolute atomic E-state index is 2.90. The zero-order valence-electron chi connectivity index (χ0n) is 32.2. The largest absolute Gasteiger partial charge is 0.311 e. The van der Waals surface area contributed by atoms with Crippen LogP contribution >= 0.6 is 11.3 Å². The van der Waals surface area contributed by atoms with Crippen LogP contribution in [0.2, 0.25) is 0 Å². The van der Waals surface area contributed by atoms with Crippen LogP contribution in [-0.2, 0) is 6.42 Å². The van der Waals surface area contributed by atoms with E-state index >= 15 is 0 Å². The van der Waals surface area contributed by atoms with Crippen LogP contribution in [0.1, 0.15) is 16.9 Å². The van der Waals surface area contributed by atoms with Crippen LogP contribution in [0, 0.1) is 0 Å². The Morgan fingerprint density at radius 2 is 0.810 bits per heavy atom. The minimum atomic E-state index is -2.90. The van der Waals surface area contributed by atoms with Crippen molar-refractivity contribution in [2.75, 3.05) is 9.80 Å². The Hall–Kier alpha value is -6.72. The van der Waals surface area contributed by atoms with Gasteiger partial charge in [0, 0.05) is 49.1 Å². The van der Waals surface area contributed by atoms with E-state index in [0.29, 0.717) is 0 Å². The predicted octanol–water partition coefficient (Wildman–Crippen LogP) is 12.2. The number of para-hydroxylation sites is 3. The molecule has 0 amide bonds. The molecule has 0 radical (unpaired) electrons. The van der Waals surface area contributed by atoms with E-state index in [1.807, 2.05) is 11.3 Å². The topological polar surface area (TPSA) is 6.48 Å². The fourth-order valence-electron chi connectivity index (χ4n) is 8.82. The van der Waals surface area contributed by atoms with Gasteiger partial charge in [0.1, 0.15) is 0 Å². The number of allylic oxidation sites excluding steroid dienone is 1. The average molecular weight is 779 g/mol. The molecule has 1 aliphatic rings. The van der Waals surface area contributed by atoms with E-state index in [1.54, 1.807) is 0 Å². The lowest BCUT2D eigenvalue weighted by Gasteiger charge is -2.36. The summed E-state index contributed by atoms with van der Waals surface area (Å²) in [7, 11) is -2.90. The molecule has 0 unspecified atom stereocenters. The van der Waals surface area contributed by atoms with Gasteiger partial charge < -0.3 is 9.80 Å². The van der Waals surface area contributed by atoms with Crippen molar-refractivity contribution in [1.29, 1.82) is 0 Å². The lowest BCUT2D eigenvalue weighted by Crippen LogP contribution is -2.74. The zero-order valence-corrected chi connectivity index (χ0v) is 34.0. The van der Waals surface area contributed by atoms with Crippen LogP contribution in [0.15, 0.2) is 224 Å². The number of hydrogen-bond donors (Lipinski definition) is 0. The van der Waals surface area contributed by atoms with Crippen molar-refractivity contribution < 1.29 is 0 Å². The van der Waals surface area contributed by atoms with Crippen molar-refractivity contribution in [2.24, 2.45) is 0 Å². The maximum atomic E-state index is 2.47. The number of aryl methyl sites for hydroxylation is 1. The van der Waals surface area contributed by atoms with Crippen molar-refractivity contribution in [1.82, 2.24) is 0 Å². The van der Waals surface area contributed by atoms with Gasteiger partial charge in [0.25, 0.3) is 0 Å². The standard InChI is InChI=1S/C54H42N2SSi/c1-6-19-41(20-7-1)55(42-21-8-2-9-22-42)44-33-36-49(37-34-44)58(47-26-12-4-13-27-47,48-28-14-5-15-29-48)50-30-18-25-45(39-50)56(43-23-10-3-11-24-43)46-35-38-54-52(40-46)51-31-16-17-32-53(51)57-54/h1-16,18-31,33-40H,17,32H2. The second kappa shape index (κ2) is 15.7. The van der Waals surface area contributed by atoms with Crippen LogP contribution < -0.4 is 30.5 Å². The monoisotopic (exact) mass is 778 g/mol. The average Bonchev–Trinajstić information content (AvgIpc) is 3.68. The number of hydrogen-bond acceptors (Lipinski definition) is 3. The molecular formula is C54H42N2SSi. The summed E-state index contributed by atoms with van der Waals surface area (Å²) < 4.78 is 1.35. The van der Waals surface area contributed by atoms with Crippen molar-refractivity contribution in [2.45, 2.75) is 12.8 Å². The first-order valence-corrected chi connectivity index (χ1v) is 22.9. The highest BCUT2D eigenvalue weighted by Gasteiger charge is 2.42. The highest BCUT2D eigenvalue weighted by Crippen LogP contribution is 2.41. The molecule has 58 heavy (non-hydrogen) atoms. The fraction of sp³-hybridized carbons (Fsp3) is 0.0370. The second-order valence-corrected chi connectivity index (χ2v) is 19.8. The van der Waals surface area contributed by atoms with Crippen molar-refractivity contribution in [3.05, 3.63) is 235 Å². The number of thiophene rings is 1. The number of anilines is 6. The third-order valence-corrected chi connectivity index (χ3v) is 17.4. The van der Waals surface area contributed by atoms with E-state index in [9.17, 15) is 0 Å². The van der Waals surface area contributed by atoms with Crippen LogP contribution in [0.4, 0.5) is 34.1 Å². The van der Waals surface area contributed by atoms with Crippen LogP contribution in [-0.4, -0.2) is 8.07 Å². The smallest absolute Gasteiger partial charge is 0.179 e. The van der Waals surface area contributed by atoms with Gasteiger partial charge in [0.15, 0.2) is 8.07 Å². The van der Waals surface area contributed by atoms with Gasteiger partial charge in [-0.2, -0.15) is 0 Å². The van der Waals surface area contributed by atoms with Gasteiger partial charge in [-0.25, -0.2) is 0 Å². The first kappa shape index (κ1) is 35.7. The summed E-state index contributed by atoms with van der Waals surface area (Å²) in [6, 6.07) is 80.4. The van der Waals surface area contributed by atoms with Gasteiger partial charge in [-0.3, -0.25) is 0 Å². The number of nitrogens with zero attached hydrogens (tertiary/aromatic N) is 2. The minimum Gasteiger partial charge on any atom is -0.311 e. The lowest BCUT2D eigenvalue weighted by atomic mass is 10.0. The Morgan fingerprint density at radius 3 is 1.38 bits per heavy atom. The zero-order chi connectivity index (χ0) is 38.7. The van der Waals surface area contributed by atoms with E-state index in [-0.39, 0.29) is 0 Å². The first-order valence-electron chi connectivity index (χ1n) is 20.1. The van der Waals surface area contributed by atoms with Crippen molar-refractivity contribution >= 4 is 90.4 Å². The summed E-state index contributed by atoms with van der Waals surface area (Å²) in [6.45, 7) is 0. The molecule has 0 saturated carbocycles. The molecule has 8 aromatic carbocycles. The summed E-state index contributed by atoms with van der Waals surface area (Å²) >= 11 is 1.94. The van der Waals surface area contributed by atoms with Crippen molar-refractivity contribution in [3.8, 4) is 0 Å². The van der Waals surface area contributed by atoms with Gasteiger partial charge in [0.2, 0.25) is 0 Å². The fourth-order valence-corrected chi connectivity index (χ4v) is 14.8. The van der Waals surface area contributed by atoms with E-state index in [1.165, 1.54) is 41.3 Å². The van der Waals surface area contributed by atoms with Gasteiger partial charge in [-0.05, 0) is 118 Å². The normalized spacial score (nSPS) is 12.3. The molecule has 1 aliphatic carbocycles. The van der Waals surface area contributed by atoms with Gasteiger partial charge in [0.05, 0.1) is 0 Å². The molecule has 1 heterocycles.